The molecule has 6 heteroatoms. The Morgan fingerprint density at radius 1 is 1.09 bits per heavy atom. The summed E-state index contributed by atoms with van der Waals surface area (Å²) in [7, 11) is 0. The molecule has 3 rings (SSSR count). The van der Waals surface area contributed by atoms with Crippen molar-refractivity contribution in [1.82, 2.24) is 0 Å². The van der Waals surface area contributed by atoms with E-state index in [9.17, 15) is 23.1 Å². The van der Waals surface area contributed by atoms with Crippen LogP contribution in [-0.4, -0.2) is 11.0 Å². The molecule has 0 fully saturated rings. The lowest BCUT2D eigenvalue weighted by Gasteiger charge is -2.08. The highest BCUT2D eigenvalue weighted by Gasteiger charge is 2.33. The number of halogens is 3. The number of amides is 1. The lowest BCUT2D eigenvalue weighted by Crippen LogP contribution is -2.06. The lowest BCUT2D eigenvalue weighted by atomic mass is 10.0. The molecule has 0 saturated heterocycles. The van der Waals surface area contributed by atoms with Crippen molar-refractivity contribution in [1.29, 1.82) is 0 Å². The normalized spacial score (nSPS) is 15.8. The number of phenols is 1. The van der Waals surface area contributed by atoms with E-state index in [1.54, 1.807) is 12.1 Å². The van der Waals surface area contributed by atoms with Gasteiger partial charge in [0.25, 0.3) is 5.91 Å². The van der Waals surface area contributed by atoms with E-state index in [1.807, 2.05) is 0 Å². The smallest absolute Gasteiger partial charge is 0.416 e. The number of anilines is 1. The molecule has 112 valence electrons. The van der Waals surface area contributed by atoms with Crippen LogP contribution in [0.1, 0.15) is 16.7 Å². The standard InChI is InChI=1S/C16H10F3NO2/c17-16(18,19)10-4-5-12-13(15(22)20-14(12)8-10)7-9-2-1-3-11(21)6-9/h1-8,21H,(H,20,22)/b13-7+. The number of alkyl halides is 3. The zero-order valence-corrected chi connectivity index (χ0v) is 11.1. The molecule has 0 spiro atoms. The number of phenolic OH excluding ortho intramolecular Hbond substituents is 1. The first-order valence-corrected chi connectivity index (χ1v) is 6.38. The lowest BCUT2D eigenvalue weighted by molar-refractivity contribution is -0.137. The Hall–Kier alpha value is -2.76. The fourth-order valence-electron chi connectivity index (χ4n) is 2.30. The molecule has 1 amide bonds. The van der Waals surface area contributed by atoms with Crippen LogP contribution in [0.25, 0.3) is 11.6 Å². The summed E-state index contributed by atoms with van der Waals surface area (Å²) in [5, 5.41) is 11.8. The summed E-state index contributed by atoms with van der Waals surface area (Å²) < 4.78 is 38.1. The second-order valence-electron chi connectivity index (χ2n) is 4.87. The van der Waals surface area contributed by atoms with Gasteiger partial charge in [-0.05, 0) is 35.9 Å². The van der Waals surface area contributed by atoms with Crippen molar-refractivity contribution in [3.63, 3.8) is 0 Å². The van der Waals surface area contributed by atoms with Crippen molar-refractivity contribution in [2.75, 3.05) is 5.32 Å². The highest BCUT2D eigenvalue weighted by molar-refractivity contribution is 6.34. The Morgan fingerprint density at radius 3 is 2.55 bits per heavy atom. The summed E-state index contributed by atoms with van der Waals surface area (Å²) in [5.41, 5.74) is 0.560. The third kappa shape index (κ3) is 2.55. The summed E-state index contributed by atoms with van der Waals surface area (Å²) in [5.74, 6) is -0.432. The number of benzene rings is 2. The molecule has 0 saturated carbocycles. The van der Waals surface area contributed by atoms with E-state index in [-0.39, 0.29) is 17.0 Å². The highest BCUT2D eigenvalue weighted by atomic mass is 19.4. The highest BCUT2D eigenvalue weighted by Crippen LogP contribution is 2.38. The molecule has 22 heavy (non-hydrogen) atoms. The van der Waals surface area contributed by atoms with E-state index in [1.165, 1.54) is 24.3 Å². The van der Waals surface area contributed by atoms with Crippen molar-refractivity contribution in [2.45, 2.75) is 6.18 Å². The molecule has 1 aliphatic heterocycles. The van der Waals surface area contributed by atoms with Crippen LogP contribution in [0.15, 0.2) is 42.5 Å². The number of aromatic hydroxyl groups is 1. The number of rotatable bonds is 1. The molecule has 0 bridgehead atoms. The summed E-state index contributed by atoms with van der Waals surface area (Å²) in [6.07, 6.45) is -2.94. The van der Waals surface area contributed by atoms with Crippen LogP contribution in [0.5, 0.6) is 5.75 Å². The van der Waals surface area contributed by atoms with Gasteiger partial charge in [0.15, 0.2) is 0 Å². The van der Waals surface area contributed by atoms with Gasteiger partial charge < -0.3 is 10.4 Å². The quantitative estimate of drug-likeness (QED) is 0.785. The molecular weight excluding hydrogens is 295 g/mol. The molecule has 0 aliphatic carbocycles. The van der Waals surface area contributed by atoms with Crippen molar-refractivity contribution in [2.24, 2.45) is 0 Å². The van der Waals surface area contributed by atoms with E-state index < -0.39 is 17.6 Å². The number of fused-ring (bicyclic) bond motifs is 1. The van der Waals surface area contributed by atoms with E-state index in [4.69, 9.17) is 0 Å². The Kier molecular flexibility index (Phi) is 3.16. The summed E-state index contributed by atoms with van der Waals surface area (Å²) in [4.78, 5) is 12.0. The molecule has 2 N–H and O–H groups in total. The molecular formula is C16H10F3NO2. The van der Waals surface area contributed by atoms with Gasteiger partial charge in [-0.2, -0.15) is 13.2 Å². The van der Waals surface area contributed by atoms with E-state index in [2.05, 4.69) is 5.32 Å². The monoisotopic (exact) mass is 305 g/mol. The van der Waals surface area contributed by atoms with Gasteiger partial charge >= 0.3 is 6.18 Å². The molecule has 3 nitrogen and oxygen atoms in total. The summed E-state index contributed by atoms with van der Waals surface area (Å²) >= 11 is 0. The van der Waals surface area contributed by atoms with Crippen LogP contribution < -0.4 is 5.32 Å². The second-order valence-corrected chi connectivity index (χ2v) is 4.87. The minimum absolute atomic E-state index is 0.0420. The van der Waals surface area contributed by atoms with Gasteiger partial charge in [0.1, 0.15) is 5.75 Å². The van der Waals surface area contributed by atoms with Gasteiger partial charge in [-0.1, -0.05) is 18.2 Å². The van der Waals surface area contributed by atoms with E-state index >= 15 is 0 Å². The Bertz CT molecular complexity index is 794. The van der Waals surface area contributed by atoms with Crippen molar-refractivity contribution >= 4 is 23.2 Å². The molecule has 1 aliphatic rings. The molecule has 0 aromatic heterocycles. The number of hydrogen-bond donors (Lipinski definition) is 2. The van der Waals surface area contributed by atoms with Gasteiger partial charge in [-0.3, -0.25) is 4.79 Å². The first-order chi connectivity index (χ1) is 10.3. The summed E-state index contributed by atoms with van der Waals surface area (Å²) in [6.45, 7) is 0. The number of carbonyl (C=O) groups is 1. The molecule has 2 aromatic carbocycles. The van der Waals surface area contributed by atoms with Gasteiger partial charge in [-0.15, -0.1) is 0 Å². The van der Waals surface area contributed by atoms with Gasteiger partial charge in [0, 0.05) is 16.8 Å². The van der Waals surface area contributed by atoms with Crippen LogP contribution in [-0.2, 0) is 11.0 Å². The van der Waals surface area contributed by atoms with Gasteiger partial charge in [0.05, 0.1) is 5.56 Å². The molecule has 0 atom stereocenters. The van der Waals surface area contributed by atoms with Crippen LogP contribution in [0.3, 0.4) is 0 Å². The maximum absolute atomic E-state index is 12.7. The predicted molar refractivity (Wildman–Crippen MR) is 76.1 cm³/mol. The fraction of sp³-hybridized carbons (Fsp3) is 0.0625. The maximum Gasteiger partial charge on any atom is 0.416 e. The summed E-state index contributed by atoms with van der Waals surface area (Å²) in [6, 6.07) is 9.36. The molecule has 2 aromatic rings. The Balaban J connectivity index is 2.05. The number of nitrogens with one attached hydrogen (secondary N) is 1. The molecule has 1 heterocycles. The SMILES string of the molecule is O=C1Nc2cc(C(F)(F)F)ccc2/C1=C\c1cccc(O)c1. The largest absolute Gasteiger partial charge is 0.508 e. The number of carbonyl (C=O) groups excluding carboxylic acids is 1. The van der Waals surface area contributed by atoms with Crippen molar-refractivity contribution < 1.29 is 23.1 Å². The fourth-order valence-corrected chi connectivity index (χ4v) is 2.30. The zero-order valence-electron chi connectivity index (χ0n) is 11.1. The third-order valence-electron chi connectivity index (χ3n) is 3.31. The zero-order chi connectivity index (χ0) is 15.9. The van der Waals surface area contributed by atoms with Gasteiger partial charge in [-0.25, -0.2) is 0 Å². The van der Waals surface area contributed by atoms with Crippen LogP contribution in [0.4, 0.5) is 18.9 Å². The van der Waals surface area contributed by atoms with E-state index in [0.717, 1.165) is 12.1 Å². The van der Waals surface area contributed by atoms with Crippen LogP contribution >= 0.6 is 0 Å². The Morgan fingerprint density at radius 2 is 1.86 bits per heavy atom. The van der Waals surface area contributed by atoms with Crippen LogP contribution in [0, 0.1) is 0 Å². The Labute approximate surface area is 123 Å². The molecule has 0 unspecified atom stereocenters. The number of hydrogen-bond acceptors (Lipinski definition) is 2. The topological polar surface area (TPSA) is 49.3 Å². The first-order valence-electron chi connectivity index (χ1n) is 6.38. The van der Waals surface area contributed by atoms with E-state index in [0.29, 0.717) is 11.1 Å². The average molecular weight is 305 g/mol. The minimum atomic E-state index is -4.46. The third-order valence-corrected chi connectivity index (χ3v) is 3.31. The molecule has 0 radical (unpaired) electrons. The second kappa shape index (κ2) is 4.91. The van der Waals surface area contributed by atoms with Crippen molar-refractivity contribution in [3.8, 4) is 5.75 Å². The van der Waals surface area contributed by atoms with Crippen LogP contribution in [0.2, 0.25) is 0 Å². The predicted octanol–water partition coefficient (Wildman–Crippen LogP) is 3.90. The first kappa shape index (κ1) is 14.2. The van der Waals surface area contributed by atoms with Gasteiger partial charge in [0.2, 0.25) is 0 Å². The van der Waals surface area contributed by atoms with Crippen molar-refractivity contribution in [3.05, 3.63) is 59.2 Å². The minimum Gasteiger partial charge on any atom is -0.508 e. The maximum atomic E-state index is 12.7. The average Bonchev–Trinajstić information content (AvgIpc) is 2.73.